The van der Waals surface area contributed by atoms with Gasteiger partial charge in [-0.1, -0.05) is 19.1 Å². The number of non-ortho nitro benzene ring substituents is 1. The number of nitrogens with zero attached hydrogens (tertiary/aromatic N) is 1. The molecule has 1 saturated carbocycles. The average molecular weight is 506 g/mol. The van der Waals surface area contributed by atoms with Gasteiger partial charge in [0.2, 0.25) is 0 Å². The van der Waals surface area contributed by atoms with Crippen molar-refractivity contribution in [2.24, 2.45) is 5.41 Å². The minimum atomic E-state index is -0.464. The van der Waals surface area contributed by atoms with Gasteiger partial charge in [0.1, 0.15) is 6.10 Å². The molecular weight excluding hydrogens is 470 g/mol. The average Bonchev–Trinajstić information content (AvgIpc) is 3.25. The summed E-state index contributed by atoms with van der Waals surface area (Å²) < 4.78 is 18.2. The fourth-order valence-electron chi connectivity index (χ4n) is 7.24. The van der Waals surface area contributed by atoms with Crippen LogP contribution in [0.2, 0.25) is 0 Å². The summed E-state index contributed by atoms with van der Waals surface area (Å²) in [4.78, 5) is 23.4. The van der Waals surface area contributed by atoms with Crippen molar-refractivity contribution in [1.82, 2.24) is 0 Å². The van der Waals surface area contributed by atoms with Crippen molar-refractivity contribution in [3.63, 3.8) is 0 Å². The van der Waals surface area contributed by atoms with Crippen molar-refractivity contribution >= 4 is 11.7 Å². The molecule has 0 spiro atoms. The van der Waals surface area contributed by atoms with Gasteiger partial charge in [0.05, 0.1) is 16.6 Å². The maximum Gasteiger partial charge on any atom is 0.338 e. The summed E-state index contributed by atoms with van der Waals surface area (Å²) in [5.74, 6) is -0.0215. The van der Waals surface area contributed by atoms with E-state index in [1.165, 1.54) is 52.9 Å². The largest absolute Gasteiger partial charge is 0.458 e. The van der Waals surface area contributed by atoms with E-state index in [2.05, 4.69) is 19.1 Å². The van der Waals surface area contributed by atoms with Gasteiger partial charge in [0, 0.05) is 24.2 Å². The molecule has 2 aromatic rings. The Morgan fingerprint density at radius 3 is 2.62 bits per heavy atom. The van der Waals surface area contributed by atoms with E-state index in [9.17, 15) is 14.9 Å². The van der Waals surface area contributed by atoms with Gasteiger partial charge in [-0.2, -0.15) is 0 Å². The first-order valence-corrected chi connectivity index (χ1v) is 13.8. The lowest BCUT2D eigenvalue weighted by atomic mass is 9.64. The molecule has 0 aromatic heterocycles. The molecule has 0 bridgehead atoms. The van der Waals surface area contributed by atoms with E-state index in [0.29, 0.717) is 11.5 Å². The predicted octanol–water partition coefficient (Wildman–Crippen LogP) is 6.05. The number of benzene rings is 2. The van der Waals surface area contributed by atoms with Crippen LogP contribution in [0.4, 0.5) is 5.69 Å². The number of carbonyl (C=O) groups excluding carboxylic acids is 1. The number of hydrogen-bond acceptors (Lipinski definition) is 6. The topological polar surface area (TPSA) is 87.9 Å². The minimum absolute atomic E-state index is 0.0307. The molecule has 37 heavy (non-hydrogen) atoms. The highest BCUT2D eigenvalue weighted by Gasteiger charge is 2.52. The van der Waals surface area contributed by atoms with E-state index in [1.807, 2.05) is 0 Å². The number of fused-ring (bicyclic) bond motifs is 5. The molecule has 1 aliphatic heterocycles. The molecule has 0 amide bonds. The van der Waals surface area contributed by atoms with Crippen LogP contribution in [-0.4, -0.2) is 36.0 Å². The number of esters is 1. The van der Waals surface area contributed by atoms with Crippen molar-refractivity contribution in [1.29, 1.82) is 0 Å². The number of ether oxygens (including phenoxy) is 3. The third-order valence-corrected chi connectivity index (χ3v) is 9.31. The molecule has 2 fully saturated rings. The van der Waals surface area contributed by atoms with Gasteiger partial charge >= 0.3 is 5.97 Å². The lowest BCUT2D eigenvalue weighted by Crippen LogP contribution is -2.39. The van der Waals surface area contributed by atoms with Gasteiger partial charge in [0.15, 0.2) is 6.29 Å². The van der Waals surface area contributed by atoms with Crippen molar-refractivity contribution < 1.29 is 23.9 Å². The fourth-order valence-corrected chi connectivity index (χ4v) is 7.24. The van der Waals surface area contributed by atoms with Gasteiger partial charge in [-0.25, -0.2) is 4.79 Å². The SMILES string of the molecule is CC12CCc3c(ccc4c3CC[C@H](OC3CCCCO3)C4)C1CC[C@H]2OC(=O)c1ccc([N+](=O)[O-])cc1. The molecule has 196 valence electrons. The Morgan fingerprint density at radius 2 is 1.86 bits per heavy atom. The van der Waals surface area contributed by atoms with E-state index >= 15 is 0 Å². The highest BCUT2D eigenvalue weighted by Crippen LogP contribution is 2.57. The zero-order valence-corrected chi connectivity index (χ0v) is 21.4. The summed E-state index contributed by atoms with van der Waals surface area (Å²) in [6, 6.07) is 10.3. The zero-order chi connectivity index (χ0) is 25.6. The van der Waals surface area contributed by atoms with Crippen LogP contribution in [0, 0.1) is 15.5 Å². The molecule has 1 heterocycles. The minimum Gasteiger partial charge on any atom is -0.458 e. The highest BCUT2D eigenvalue weighted by molar-refractivity contribution is 5.89. The second kappa shape index (κ2) is 9.84. The molecule has 4 aliphatic rings. The summed E-state index contributed by atoms with van der Waals surface area (Å²) >= 11 is 0. The first-order chi connectivity index (χ1) is 17.9. The summed E-state index contributed by atoms with van der Waals surface area (Å²) in [7, 11) is 0. The van der Waals surface area contributed by atoms with Crippen LogP contribution in [0.1, 0.15) is 90.4 Å². The number of hydrogen-bond donors (Lipinski definition) is 0. The van der Waals surface area contributed by atoms with Crippen LogP contribution in [-0.2, 0) is 33.5 Å². The summed E-state index contributed by atoms with van der Waals surface area (Å²) in [5, 5.41) is 10.9. The Labute approximate surface area is 217 Å². The molecule has 0 N–H and O–H groups in total. The van der Waals surface area contributed by atoms with Gasteiger partial charge < -0.3 is 14.2 Å². The third-order valence-electron chi connectivity index (χ3n) is 9.31. The number of nitro groups is 1. The lowest BCUT2D eigenvalue weighted by Gasteiger charge is -2.42. The van der Waals surface area contributed by atoms with E-state index in [0.717, 1.165) is 64.4 Å². The van der Waals surface area contributed by atoms with Crippen LogP contribution in [0.15, 0.2) is 36.4 Å². The second-order valence-electron chi connectivity index (χ2n) is 11.4. The maximum atomic E-state index is 12.9. The monoisotopic (exact) mass is 505 g/mol. The van der Waals surface area contributed by atoms with Crippen LogP contribution in [0.3, 0.4) is 0 Å². The molecule has 5 atom stereocenters. The van der Waals surface area contributed by atoms with Gasteiger partial charge in [-0.05, 0) is 105 Å². The van der Waals surface area contributed by atoms with Gasteiger partial charge in [0.25, 0.3) is 5.69 Å². The summed E-state index contributed by atoms with van der Waals surface area (Å²) in [6.07, 6.45) is 10.3. The molecule has 7 heteroatoms. The van der Waals surface area contributed by atoms with Crippen LogP contribution in [0.5, 0.6) is 0 Å². The third kappa shape index (κ3) is 4.57. The quantitative estimate of drug-likeness (QED) is 0.279. The molecular formula is C30H35NO6. The highest BCUT2D eigenvalue weighted by atomic mass is 16.7. The van der Waals surface area contributed by atoms with Crippen LogP contribution >= 0.6 is 0 Å². The molecule has 0 radical (unpaired) electrons. The van der Waals surface area contributed by atoms with Gasteiger partial charge in [-0.15, -0.1) is 0 Å². The Morgan fingerprint density at radius 1 is 1.03 bits per heavy atom. The fraction of sp³-hybridized carbons (Fsp3) is 0.567. The van der Waals surface area contributed by atoms with Crippen molar-refractivity contribution in [2.45, 2.75) is 95.5 Å². The van der Waals surface area contributed by atoms with Crippen molar-refractivity contribution in [2.75, 3.05) is 6.61 Å². The first kappa shape index (κ1) is 24.6. The second-order valence-corrected chi connectivity index (χ2v) is 11.4. The molecule has 3 aliphatic carbocycles. The number of rotatable bonds is 5. The first-order valence-electron chi connectivity index (χ1n) is 13.8. The lowest BCUT2D eigenvalue weighted by molar-refractivity contribution is -0.384. The van der Waals surface area contributed by atoms with Gasteiger partial charge in [-0.3, -0.25) is 10.1 Å². The Kier molecular flexibility index (Phi) is 6.53. The standard InChI is InChI=1S/C30H35NO6/c1-30-16-15-24-23-12-10-22(36-28-4-2-3-17-35-28)18-20(23)7-11-25(24)26(30)13-14-27(30)37-29(32)19-5-8-21(9-6-19)31(33)34/h5-9,11,22,26-28H,2-4,10,12-18H2,1H3/t22-,26?,27+,28?,30?/m0/s1. The van der Waals surface area contributed by atoms with E-state index in [4.69, 9.17) is 14.2 Å². The Bertz CT molecular complexity index is 1190. The molecule has 3 unspecified atom stereocenters. The Hall–Kier alpha value is -2.77. The van der Waals surface area contributed by atoms with E-state index in [-0.39, 0.29) is 29.6 Å². The van der Waals surface area contributed by atoms with Crippen molar-refractivity contribution in [3.8, 4) is 0 Å². The van der Waals surface area contributed by atoms with E-state index < -0.39 is 10.9 Å². The Balaban J connectivity index is 1.15. The number of nitro benzene ring substituents is 1. The molecule has 6 rings (SSSR count). The maximum absolute atomic E-state index is 12.9. The molecule has 2 aromatic carbocycles. The smallest absolute Gasteiger partial charge is 0.338 e. The van der Waals surface area contributed by atoms with Crippen molar-refractivity contribution in [3.05, 3.63) is 74.3 Å². The molecule has 1 saturated heterocycles. The normalized spacial score (nSPS) is 30.6. The summed E-state index contributed by atoms with van der Waals surface area (Å²) in [5.41, 5.74) is 6.14. The summed E-state index contributed by atoms with van der Waals surface area (Å²) in [6.45, 7) is 3.08. The predicted molar refractivity (Wildman–Crippen MR) is 138 cm³/mol. The van der Waals surface area contributed by atoms with E-state index in [1.54, 1.807) is 0 Å². The molecule has 7 nitrogen and oxygen atoms in total. The number of carbonyl (C=O) groups is 1. The van der Waals surface area contributed by atoms with Crippen LogP contribution < -0.4 is 0 Å². The zero-order valence-electron chi connectivity index (χ0n) is 21.4. The van der Waals surface area contributed by atoms with Crippen LogP contribution in [0.25, 0.3) is 0 Å².